The molecule has 1 saturated carbocycles. The Kier molecular flexibility index (Phi) is 5.61. The zero-order valence-corrected chi connectivity index (χ0v) is 14.4. The molecule has 1 aromatic rings. The fourth-order valence-corrected chi connectivity index (χ4v) is 5.31. The number of aliphatic hydroxyl groups is 1. The summed E-state index contributed by atoms with van der Waals surface area (Å²) in [7, 11) is -2.00. The Balaban J connectivity index is 1.94. The molecule has 0 unspecified atom stereocenters. The van der Waals surface area contributed by atoms with E-state index in [1.807, 2.05) is 0 Å². The highest BCUT2D eigenvalue weighted by molar-refractivity contribution is 9.11. The van der Waals surface area contributed by atoms with E-state index in [9.17, 15) is 8.42 Å². The third-order valence-electron chi connectivity index (χ3n) is 3.15. The Labute approximate surface area is 131 Å². The van der Waals surface area contributed by atoms with Crippen molar-refractivity contribution in [1.82, 2.24) is 4.31 Å². The summed E-state index contributed by atoms with van der Waals surface area (Å²) in [6.07, 6.45) is 2.44. The van der Waals surface area contributed by atoms with Crippen molar-refractivity contribution in [2.75, 3.05) is 26.8 Å². The van der Waals surface area contributed by atoms with E-state index in [1.165, 1.54) is 34.6 Å². The Bertz CT molecular complexity index is 554. The van der Waals surface area contributed by atoms with Crippen molar-refractivity contribution in [3.8, 4) is 0 Å². The maximum Gasteiger partial charge on any atom is 0.244 e. The van der Waals surface area contributed by atoms with E-state index in [0.717, 1.165) is 6.61 Å². The highest BCUT2D eigenvalue weighted by atomic mass is 79.9. The second-order valence-corrected chi connectivity index (χ2v) is 9.32. The Morgan fingerprint density at radius 2 is 2.25 bits per heavy atom. The van der Waals surface area contributed by atoms with Crippen LogP contribution < -0.4 is 0 Å². The molecule has 1 fully saturated rings. The van der Waals surface area contributed by atoms with Gasteiger partial charge in [0, 0.05) is 25.1 Å². The van der Waals surface area contributed by atoms with Crippen LogP contribution in [0.5, 0.6) is 0 Å². The number of thiophene rings is 1. The Hall–Kier alpha value is 0.01000. The standard InChI is InChI=1S/C12H18BrNO4S2/c1-14(4-5-18-8-9-2-3-9)20(16,17)11-6-10(7-15)19-12(11)13/h6,9,15H,2-5,7-8H2,1H3. The molecule has 114 valence electrons. The lowest BCUT2D eigenvalue weighted by Crippen LogP contribution is -2.30. The molecule has 1 aliphatic carbocycles. The lowest BCUT2D eigenvalue weighted by molar-refractivity contribution is 0.117. The molecule has 0 atom stereocenters. The average Bonchev–Trinajstić information content (AvgIpc) is 3.15. The van der Waals surface area contributed by atoms with Gasteiger partial charge in [0.05, 0.1) is 17.0 Å². The quantitative estimate of drug-likeness (QED) is 0.697. The molecule has 1 aliphatic rings. The van der Waals surface area contributed by atoms with E-state index in [-0.39, 0.29) is 11.5 Å². The van der Waals surface area contributed by atoms with E-state index in [4.69, 9.17) is 9.84 Å². The first-order valence-electron chi connectivity index (χ1n) is 6.38. The van der Waals surface area contributed by atoms with Gasteiger partial charge in [-0.3, -0.25) is 0 Å². The monoisotopic (exact) mass is 383 g/mol. The molecule has 0 radical (unpaired) electrons. The largest absolute Gasteiger partial charge is 0.391 e. The van der Waals surface area contributed by atoms with Gasteiger partial charge in [-0.2, -0.15) is 4.31 Å². The summed E-state index contributed by atoms with van der Waals surface area (Å²) in [6, 6.07) is 1.51. The predicted molar refractivity (Wildman–Crippen MR) is 81.3 cm³/mol. The lowest BCUT2D eigenvalue weighted by atomic mass is 10.5. The highest BCUT2D eigenvalue weighted by Crippen LogP contribution is 2.33. The minimum atomic E-state index is -3.54. The maximum absolute atomic E-state index is 12.4. The molecule has 1 N–H and O–H groups in total. The Morgan fingerprint density at radius 1 is 1.55 bits per heavy atom. The molecular weight excluding hydrogens is 366 g/mol. The van der Waals surface area contributed by atoms with Gasteiger partial charge in [-0.05, 0) is 40.8 Å². The van der Waals surface area contributed by atoms with E-state index < -0.39 is 10.0 Å². The zero-order chi connectivity index (χ0) is 14.8. The zero-order valence-electron chi connectivity index (χ0n) is 11.2. The second kappa shape index (κ2) is 6.85. The van der Waals surface area contributed by atoms with Gasteiger partial charge in [-0.15, -0.1) is 11.3 Å². The summed E-state index contributed by atoms with van der Waals surface area (Å²) in [5.41, 5.74) is 0. The first kappa shape index (κ1) is 16.4. The summed E-state index contributed by atoms with van der Waals surface area (Å²) >= 11 is 4.47. The first-order valence-corrected chi connectivity index (χ1v) is 9.43. The van der Waals surface area contributed by atoms with Gasteiger partial charge in [0.1, 0.15) is 4.90 Å². The van der Waals surface area contributed by atoms with Crippen molar-refractivity contribution in [3.05, 3.63) is 14.7 Å². The van der Waals surface area contributed by atoms with Crippen LogP contribution in [0.3, 0.4) is 0 Å². The van der Waals surface area contributed by atoms with Crippen LogP contribution in [0.15, 0.2) is 14.7 Å². The van der Waals surface area contributed by atoms with Crippen LogP contribution in [0.2, 0.25) is 0 Å². The molecular formula is C12H18BrNO4S2. The molecule has 5 nitrogen and oxygen atoms in total. The van der Waals surface area contributed by atoms with Crippen molar-refractivity contribution in [2.45, 2.75) is 24.3 Å². The van der Waals surface area contributed by atoms with Crippen LogP contribution in [0.25, 0.3) is 0 Å². The van der Waals surface area contributed by atoms with Crippen LogP contribution in [-0.4, -0.2) is 44.6 Å². The van der Waals surface area contributed by atoms with Crippen LogP contribution in [0.4, 0.5) is 0 Å². The number of hydrogen-bond donors (Lipinski definition) is 1. The molecule has 0 saturated heterocycles. The molecule has 8 heteroatoms. The lowest BCUT2D eigenvalue weighted by Gasteiger charge is -2.16. The molecule has 0 spiro atoms. The molecule has 20 heavy (non-hydrogen) atoms. The van der Waals surface area contributed by atoms with Gasteiger partial charge in [0.15, 0.2) is 0 Å². The molecule has 2 rings (SSSR count). The van der Waals surface area contributed by atoms with Crippen molar-refractivity contribution < 1.29 is 18.3 Å². The van der Waals surface area contributed by atoms with Gasteiger partial charge in [0.25, 0.3) is 0 Å². The van der Waals surface area contributed by atoms with Crippen molar-refractivity contribution in [2.24, 2.45) is 5.92 Å². The fraction of sp³-hybridized carbons (Fsp3) is 0.667. The third-order valence-corrected chi connectivity index (χ3v) is 7.25. The molecule has 0 amide bonds. The first-order chi connectivity index (χ1) is 9.45. The summed E-state index contributed by atoms with van der Waals surface area (Å²) in [5.74, 6) is 0.676. The third kappa shape index (κ3) is 4.02. The minimum Gasteiger partial charge on any atom is -0.391 e. The van der Waals surface area contributed by atoms with Crippen molar-refractivity contribution >= 4 is 37.3 Å². The van der Waals surface area contributed by atoms with Crippen LogP contribution in [0, 0.1) is 5.92 Å². The number of nitrogens with zero attached hydrogens (tertiary/aromatic N) is 1. The number of aliphatic hydroxyl groups excluding tert-OH is 1. The molecule has 0 bridgehead atoms. The molecule has 1 heterocycles. The summed E-state index contributed by atoms with van der Waals surface area (Å²) in [4.78, 5) is 0.824. The number of rotatable bonds is 8. The summed E-state index contributed by atoms with van der Waals surface area (Å²) in [6.45, 7) is 1.30. The normalized spacial score (nSPS) is 16.0. The number of halogens is 1. The van der Waals surface area contributed by atoms with Crippen LogP contribution >= 0.6 is 27.3 Å². The average molecular weight is 384 g/mol. The van der Waals surface area contributed by atoms with E-state index in [2.05, 4.69) is 15.9 Å². The summed E-state index contributed by atoms with van der Waals surface area (Å²) in [5, 5.41) is 9.07. The van der Waals surface area contributed by atoms with Gasteiger partial charge < -0.3 is 9.84 Å². The molecule has 0 aliphatic heterocycles. The van der Waals surface area contributed by atoms with Crippen molar-refractivity contribution in [1.29, 1.82) is 0 Å². The minimum absolute atomic E-state index is 0.160. The summed E-state index contributed by atoms with van der Waals surface area (Å²) < 4.78 is 32.0. The predicted octanol–water partition coefficient (Wildman–Crippen LogP) is 2.05. The van der Waals surface area contributed by atoms with Gasteiger partial charge >= 0.3 is 0 Å². The number of hydrogen-bond acceptors (Lipinski definition) is 5. The smallest absolute Gasteiger partial charge is 0.244 e. The maximum atomic E-state index is 12.4. The van der Waals surface area contributed by atoms with Crippen LogP contribution in [0.1, 0.15) is 17.7 Å². The molecule has 0 aromatic carbocycles. The SMILES string of the molecule is CN(CCOCC1CC1)S(=O)(=O)c1cc(CO)sc1Br. The topological polar surface area (TPSA) is 66.8 Å². The van der Waals surface area contributed by atoms with Crippen LogP contribution in [-0.2, 0) is 21.4 Å². The Morgan fingerprint density at radius 3 is 2.80 bits per heavy atom. The van der Waals surface area contributed by atoms with Crippen molar-refractivity contribution in [3.63, 3.8) is 0 Å². The van der Waals surface area contributed by atoms with E-state index >= 15 is 0 Å². The molecule has 1 aromatic heterocycles. The number of likely N-dealkylation sites (N-methyl/N-ethyl adjacent to an activating group) is 1. The highest BCUT2D eigenvalue weighted by Gasteiger charge is 2.26. The van der Waals surface area contributed by atoms with Gasteiger partial charge in [0.2, 0.25) is 10.0 Å². The van der Waals surface area contributed by atoms with E-state index in [1.54, 1.807) is 7.05 Å². The number of sulfonamides is 1. The number of ether oxygens (including phenoxy) is 1. The van der Waals surface area contributed by atoms with Gasteiger partial charge in [-0.1, -0.05) is 0 Å². The van der Waals surface area contributed by atoms with Gasteiger partial charge in [-0.25, -0.2) is 8.42 Å². The second-order valence-electron chi connectivity index (χ2n) is 4.85. The van der Waals surface area contributed by atoms with E-state index in [0.29, 0.717) is 27.7 Å². The fourth-order valence-electron chi connectivity index (χ4n) is 1.67.